The predicted octanol–water partition coefficient (Wildman–Crippen LogP) is 0.963. The van der Waals surface area contributed by atoms with Crippen LogP contribution in [0.15, 0.2) is 50.3 Å². The highest BCUT2D eigenvalue weighted by Crippen LogP contribution is 2.14. The van der Waals surface area contributed by atoms with E-state index in [1.54, 1.807) is 37.3 Å². The fraction of sp³-hybridized carbons (Fsp3) is 0.167. The van der Waals surface area contributed by atoms with Crippen LogP contribution >= 0.6 is 15.9 Å². The smallest absolute Gasteiger partial charge is 0.290 e. The third-order valence-corrected chi connectivity index (χ3v) is 4.33. The normalized spacial score (nSPS) is 10.6. The van der Waals surface area contributed by atoms with Gasteiger partial charge in [0.1, 0.15) is 0 Å². The number of amides is 3. The summed E-state index contributed by atoms with van der Waals surface area (Å²) in [6.07, 6.45) is 0. The number of fused-ring (bicyclic) bond motifs is 1. The zero-order chi connectivity index (χ0) is 21.0. The van der Waals surface area contributed by atoms with Crippen molar-refractivity contribution in [2.24, 2.45) is 0 Å². The zero-order valence-electron chi connectivity index (χ0n) is 15.2. The lowest BCUT2D eigenvalue weighted by atomic mass is 10.1. The number of rotatable bonds is 5. The molecule has 3 rings (SSSR count). The highest BCUT2D eigenvalue weighted by atomic mass is 79.9. The fourth-order valence-electron chi connectivity index (χ4n) is 2.53. The molecular weight excluding hydrogens is 446 g/mol. The van der Waals surface area contributed by atoms with Gasteiger partial charge in [-0.3, -0.25) is 30.0 Å². The van der Waals surface area contributed by atoms with E-state index >= 15 is 0 Å². The Morgan fingerprint density at radius 2 is 1.79 bits per heavy atom. The molecular formula is C18H16BrN5O5. The van der Waals surface area contributed by atoms with Crippen LogP contribution in [-0.4, -0.2) is 34.0 Å². The molecule has 29 heavy (non-hydrogen) atoms. The van der Waals surface area contributed by atoms with Crippen molar-refractivity contribution in [3.63, 3.8) is 0 Å². The first-order chi connectivity index (χ1) is 13.9. The van der Waals surface area contributed by atoms with Crippen molar-refractivity contribution < 1.29 is 18.8 Å². The molecule has 11 heteroatoms. The average Bonchev–Trinajstić information content (AvgIpc) is 3.17. The van der Waals surface area contributed by atoms with Gasteiger partial charge in [-0.2, -0.15) is 5.10 Å². The third kappa shape index (κ3) is 4.51. The van der Waals surface area contributed by atoms with Crippen LogP contribution in [0.4, 0.5) is 0 Å². The summed E-state index contributed by atoms with van der Waals surface area (Å²) in [4.78, 5) is 48.5. The Hall–Kier alpha value is -3.47. The molecule has 0 atom stereocenters. The molecule has 1 aromatic carbocycles. The Balaban J connectivity index is 1.65. The molecule has 0 fully saturated rings. The van der Waals surface area contributed by atoms with E-state index < -0.39 is 17.7 Å². The SMILES string of the molecule is CCn1nc(C(=O)NNC(=O)CNC(=O)c2ccc(Br)o2)c2ccccc2c1=O. The first kappa shape index (κ1) is 20.3. The molecule has 0 aliphatic heterocycles. The number of nitrogens with one attached hydrogen (secondary N) is 3. The maximum atomic E-state index is 12.5. The van der Waals surface area contributed by atoms with Crippen LogP contribution in [0.1, 0.15) is 28.0 Å². The van der Waals surface area contributed by atoms with Gasteiger partial charge in [0.2, 0.25) is 0 Å². The lowest BCUT2D eigenvalue weighted by Crippen LogP contribution is -2.47. The van der Waals surface area contributed by atoms with Crippen LogP contribution in [0.25, 0.3) is 10.8 Å². The van der Waals surface area contributed by atoms with E-state index in [2.05, 4.69) is 37.2 Å². The topological polar surface area (TPSA) is 135 Å². The highest BCUT2D eigenvalue weighted by molar-refractivity contribution is 9.10. The predicted molar refractivity (Wildman–Crippen MR) is 106 cm³/mol. The van der Waals surface area contributed by atoms with Crippen LogP contribution < -0.4 is 21.7 Å². The number of hydrogen-bond donors (Lipinski definition) is 3. The molecule has 0 radical (unpaired) electrons. The van der Waals surface area contributed by atoms with Gasteiger partial charge in [0, 0.05) is 11.9 Å². The summed E-state index contributed by atoms with van der Waals surface area (Å²) in [6, 6.07) is 9.55. The quantitative estimate of drug-likeness (QED) is 0.484. The van der Waals surface area contributed by atoms with Gasteiger partial charge in [0.05, 0.1) is 11.9 Å². The van der Waals surface area contributed by atoms with Gasteiger partial charge >= 0.3 is 0 Å². The minimum Gasteiger partial charge on any atom is -0.444 e. The molecule has 2 heterocycles. The van der Waals surface area contributed by atoms with Crippen molar-refractivity contribution in [3.05, 3.63) is 62.9 Å². The number of hydrazine groups is 1. The number of hydrogen-bond acceptors (Lipinski definition) is 6. The van der Waals surface area contributed by atoms with E-state index in [1.165, 1.54) is 10.7 Å². The van der Waals surface area contributed by atoms with Crippen molar-refractivity contribution in [3.8, 4) is 0 Å². The second-order valence-electron chi connectivity index (χ2n) is 5.80. The molecule has 3 N–H and O–H groups in total. The van der Waals surface area contributed by atoms with Crippen molar-refractivity contribution in [2.75, 3.05) is 6.54 Å². The molecule has 10 nitrogen and oxygen atoms in total. The van der Waals surface area contributed by atoms with Gasteiger partial charge in [-0.05, 0) is 41.1 Å². The first-order valence-electron chi connectivity index (χ1n) is 8.53. The van der Waals surface area contributed by atoms with Gasteiger partial charge in [-0.15, -0.1) is 0 Å². The maximum Gasteiger partial charge on any atom is 0.290 e. The van der Waals surface area contributed by atoms with Crippen molar-refractivity contribution in [1.82, 2.24) is 25.9 Å². The van der Waals surface area contributed by atoms with Gasteiger partial charge in [0.15, 0.2) is 16.1 Å². The zero-order valence-corrected chi connectivity index (χ0v) is 16.8. The highest BCUT2D eigenvalue weighted by Gasteiger charge is 2.17. The Morgan fingerprint density at radius 3 is 2.45 bits per heavy atom. The molecule has 0 aliphatic carbocycles. The van der Waals surface area contributed by atoms with Crippen molar-refractivity contribution >= 4 is 44.4 Å². The Morgan fingerprint density at radius 1 is 1.07 bits per heavy atom. The van der Waals surface area contributed by atoms with E-state index in [4.69, 9.17) is 4.42 Å². The summed E-state index contributed by atoms with van der Waals surface area (Å²) in [5, 5.41) is 7.13. The van der Waals surface area contributed by atoms with E-state index in [0.717, 1.165) is 0 Å². The maximum absolute atomic E-state index is 12.5. The Bertz CT molecular complexity index is 1150. The number of halogens is 1. The fourth-order valence-corrected chi connectivity index (χ4v) is 2.84. The monoisotopic (exact) mass is 461 g/mol. The lowest BCUT2D eigenvalue weighted by Gasteiger charge is -2.11. The largest absolute Gasteiger partial charge is 0.444 e. The summed E-state index contributed by atoms with van der Waals surface area (Å²) in [5.41, 5.74) is 4.10. The summed E-state index contributed by atoms with van der Waals surface area (Å²) in [6.45, 7) is 1.62. The Labute approximate surface area is 172 Å². The molecule has 150 valence electrons. The number of carbonyl (C=O) groups is 3. The number of nitrogens with zero attached hydrogens (tertiary/aromatic N) is 2. The number of benzene rings is 1. The average molecular weight is 462 g/mol. The molecule has 0 saturated heterocycles. The lowest BCUT2D eigenvalue weighted by molar-refractivity contribution is -0.120. The van der Waals surface area contributed by atoms with Crippen molar-refractivity contribution in [1.29, 1.82) is 0 Å². The van der Waals surface area contributed by atoms with Crippen LogP contribution in [0, 0.1) is 0 Å². The van der Waals surface area contributed by atoms with Crippen LogP contribution in [0.5, 0.6) is 0 Å². The molecule has 0 saturated carbocycles. The molecule has 0 bridgehead atoms. The number of aryl methyl sites for hydroxylation is 1. The first-order valence-corrected chi connectivity index (χ1v) is 9.32. The van der Waals surface area contributed by atoms with Gasteiger partial charge in [-0.25, -0.2) is 4.68 Å². The summed E-state index contributed by atoms with van der Waals surface area (Å²) >= 11 is 3.07. The van der Waals surface area contributed by atoms with E-state index in [1.807, 2.05) is 0 Å². The number of aromatic nitrogens is 2. The minimum absolute atomic E-state index is 0.00757. The number of furan rings is 1. The standard InChI is InChI=1S/C18H16BrN5O5/c1-2-24-18(28)11-6-4-3-5-10(11)15(23-24)17(27)22-21-14(25)9-20-16(26)12-7-8-13(19)29-12/h3-8H,2,9H2,1H3,(H,20,26)(H,21,25)(H,22,27). The van der Waals surface area contributed by atoms with E-state index in [9.17, 15) is 19.2 Å². The van der Waals surface area contributed by atoms with Crippen LogP contribution in [-0.2, 0) is 11.3 Å². The summed E-state index contributed by atoms with van der Waals surface area (Å²) in [5.74, 6) is -1.91. The van der Waals surface area contributed by atoms with Crippen LogP contribution in [0.2, 0.25) is 0 Å². The molecule has 3 amide bonds. The third-order valence-electron chi connectivity index (χ3n) is 3.90. The molecule has 2 aromatic heterocycles. The van der Waals surface area contributed by atoms with Gasteiger partial charge in [0.25, 0.3) is 23.3 Å². The van der Waals surface area contributed by atoms with Crippen molar-refractivity contribution in [2.45, 2.75) is 13.5 Å². The second-order valence-corrected chi connectivity index (χ2v) is 6.59. The number of carbonyl (C=O) groups excluding carboxylic acids is 3. The molecule has 3 aromatic rings. The van der Waals surface area contributed by atoms with Gasteiger partial charge in [-0.1, -0.05) is 18.2 Å². The molecule has 0 aliphatic rings. The van der Waals surface area contributed by atoms with Gasteiger partial charge < -0.3 is 9.73 Å². The Kier molecular flexibility index (Phi) is 6.07. The summed E-state index contributed by atoms with van der Waals surface area (Å²) in [7, 11) is 0. The van der Waals surface area contributed by atoms with E-state index in [-0.39, 0.29) is 30.1 Å². The molecule has 0 spiro atoms. The second kappa shape index (κ2) is 8.69. The molecule has 0 unspecified atom stereocenters. The van der Waals surface area contributed by atoms with E-state index in [0.29, 0.717) is 15.4 Å². The minimum atomic E-state index is -0.696. The van der Waals surface area contributed by atoms with Crippen LogP contribution in [0.3, 0.4) is 0 Å². The summed E-state index contributed by atoms with van der Waals surface area (Å²) < 4.78 is 6.62.